The van der Waals surface area contributed by atoms with Crippen LogP contribution < -0.4 is 4.74 Å². The van der Waals surface area contributed by atoms with Gasteiger partial charge in [-0.3, -0.25) is 5.10 Å². The summed E-state index contributed by atoms with van der Waals surface area (Å²) in [5.74, 6) is 0.453. The first-order valence-corrected chi connectivity index (χ1v) is 12.5. The molecule has 1 fully saturated rings. The lowest BCUT2D eigenvalue weighted by atomic mass is 9.88. The second-order valence-corrected chi connectivity index (χ2v) is 9.88. The van der Waals surface area contributed by atoms with Crippen molar-refractivity contribution in [3.63, 3.8) is 0 Å². The van der Waals surface area contributed by atoms with Crippen molar-refractivity contribution in [1.82, 2.24) is 10.2 Å². The number of nitrogens with one attached hydrogen (secondary N) is 1. The topological polar surface area (TPSA) is 137 Å². The smallest absolute Gasteiger partial charge is 0.229 e. The molecule has 0 bridgehead atoms. The van der Waals surface area contributed by atoms with Crippen LogP contribution in [0.5, 0.6) is 5.75 Å². The third kappa shape index (κ3) is 4.87. The van der Waals surface area contributed by atoms with Gasteiger partial charge in [0.05, 0.1) is 23.6 Å². The fraction of sp³-hybridized carbons (Fsp3) is 0.519. The Morgan fingerprint density at radius 3 is 2.67 bits per heavy atom. The molecule has 1 aromatic heterocycles. The van der Waals surface area contributed by atoms with Gasteiger partial charge in [-0.15, -0.1) is 0 Å². The second kappa shape index (κ2) is 10.5. The summed E-state index contributed by atoms with van der Waals surface area (Å²) in [6.45, 7) is 1.40. The number of ether oxygens (including phenoxy) is 3. The van der Waals surface area contributed by atoms with E-state index >= 15 is 0 Å². The van der Waals surface area contributed by atoms with Gasteiger partial charge < -0.3 is 34.6 Å². The number of rotatable bonds is 7. The number of aliphatic hydroxyl groups is 4. The Bertz CT molecular complexity index is 1210. The van der Waals surface area contributed by atoms with Gasteiger partial charge in [-0.25, -0.2) is 0 Å². The molecule has 6 atom stereocenters. The Morgan fingerprint density at radius 1 is 1.06 bits per heavy atom. The van der Waals surface area contributed by atoms with Crippen molar-refractivity contribution in [3.05, 3.63) is 58.3 Å². The predicted octanol–water partition coefficient (Wildman–Crippen LogP) is 1.34. The quantitative estimate of drug-likeness (QED) is 0.329. The first-order valence-electron chi connectivity index (χ1n) is 12.5. The average Bonchev–Trinajstić information content (AvgIpc) is 3.30. The number of aromatic nitrogens is 2. The number of H-pyrrole nitrogens is 1. The van der Waals surface area contributed by atoms with Crippen molar-refractivity contribution in [2.75, 3.05) is 13.7 Å². The fourth-order valence-electron chi connectivity index (χ4n) is 5.27. The van der Waals surface area contributed by atoms with Gasteiger partial charge in [0.15, 0.2) is 0 Å². The lowest BCUT2D eigenvalue weighted by Crippen LogP contribution is -2.60. The van der Waals surface area contributed by atoms with E-state index in [2.05, 4.69) is 28.4 Å². The molecule has 1 aliphatic carbocycles. The van der Waals surface area contributed by atoms with Crippen LogP contribution in [0, 0.1) is 6.92 Å². The Kier molecular flexibility index (Phi) is 7.30. The Morgan fingerprint density at radius 2 is 1.89 bits per heavy atom. The number of hydrogen-bond acceptors (Lipinski definition) is 8. The summed E-state index contributed by atoms with van der Waals surface area (Å²) in [6, 6.07) is 10.4. The van der Waals surface area contributed by atoms with E-state index in [0.29, 0.717) is 18.3 Å². The van der Waals surface area contributed by atoms with Gasteiger partial charge in [0, 0.05) is 12.8 Å². The van der Waals surface area contributed by atoms with Crippen LogP contribution in [0.1, 0.15) is 34.4 Å². The van der Waals surface area contributed by atoms with Gasteiger partial charge in [0.1, 0.15) is 30.2 Å². The van der Waals surface area contributed by atoms with Crippen LogP contribution >= 0.6 is 0 Å². The van der Waals surface area contributed by atoms with Crippen LogP contribution in [0.2, 0.25) is 0 Å². The molecule has 5 N–H and O–H groups in total. The summed E-state index contributed by atoms with van der Waals surface area (Å²) in [5, 5.41) is 48.5. The fourth-order valence-corrected chi connectivity index (χ4v) is 5.27. The van der Waals surface area contributed by atoms with Crippen LogP contribution in [0.15, 0.2) is 30.3 Å². The zero-order valence-electron chi connectivity index (χ0n) is 20.6. The van der Waals surface area contributed by atoms with E-state index < -0.39 is 37.3 Å². The average molecular weight is 499 g/mol. The van der Waals surface area contributed by atoms with E-state index in [4.69, 9.17) is 14.2 Å². The molecule has 0 amide bonds. The second-order valence-electron chi connectivity index (χ2n) is 9.88. The minimum absolute atomic E-state index is 0.297. The van der Waals surface area contributed by atoms with Crippen LogP contribution in [0.3, 0.4) is 0 Å². The van der Waals surface area contributed by atoms with Gasteiger partial charge in [-0.05, 0) is 73.4 Å². The van der Waals surface area contributed by atoms with Gasteiger partial charge >= 0.3 is 0 Å². The molecule has 5 rings (SSSR count). The van der Waals surface area contributed by atoms with E-state index in [-0.39, 0.29) is 0 Å². The van der Waals surface area contributed by atoms with Gasteiger partial charge in [0.2, 0.25) is 6.29 Å². The van der Waals surface area contributed by atoms with Crippen LogP contribution in [-0.4, -0.2) is 81.2 Å². The van der Waals surface area contributed by atoms with E-state index in [1.165, 1.54) is 16.7 Å². The van der Waals surface area contributed by atoms with Gasteiger partial charge in [0.25, 0.3) is 0 Å². The van der Waals surface area contributed by atoms with Crippen molar-refractivity contribution in [2.45, 2.75) is 75.8 Å². The van der Waals surface area contributed by atoms with Crippen molar-refractivity contribution in [2.24, 2.45) is 0 Å². The summed E-state index contributed by atoms with van der Waals surface area (Å²) < 4.78 is 17.1. The molecule has 1 unspecified atom stereocenters. The van der Waals surface area contributed by atoms with Crippen LogP contribution in [0.25, 0.3) is 10.9 Å². The molecule has 0 spiro atoms. The monoisotopic (exact) mass is 498 g/mol. The first-order chi connectivity index (χ1) is 17.4. The minimum atomic E-state index is -1.51. The highest BCUT2D eigenvalue weighted by atomic mass is 16.7. The van der Waals surface area contributed by atoms with Crippen LogP contribution in [-0.2, 0) is 35.2 Å². The highest BCUT2D eigenvalue weighted by Crippen LogP contribution is 2.33. The maximum atomic E-state index is 10.5. The highest BCUT2D eigenvalue weighted by Gasteiger charge is 2.45. The maximum Gasteiger partial charge on any atom is 0.229 e. The molecule has 1 aliphatic heterocycles. The maximum absolute atomic E-state index is 10.5. The molecular weight excluding hydrogens is 464 g/mol. The Hall–Kier alpha value is -2.53. The molecule has 1 saturated heterocycles. The predicted molar refractivity (Wildman–Crippen MR) is 132 cm³/mol. The lowest BCUT2D eigenvalue weighted by molar-refractivity contribution is -0.277. The standard InChI is InChI=1S/C27H34N2O7/c1-14-9-20-23(21(10-14)35-27-26(33)25(32)24(31)22(13-30)36-27)19(28-29-20)8-4-15-3-5-17-12-18(34-2)7-6-16(17)11-15/h3,5,9-11,18,22,24-27,30-33H,4,6-8,12-13H2,1-2H3,(H,28,29)/t18?,22-,24-,25+,26-,27-/m1/s1. The molecule has 2 aromatic carbocycles. The molecule has 2 aliphatic rings. The number of benzene rings is 2. The van der Waals surface area contributed by atoms with E-state index in [0.717, 1.165) is 47.8 Å². The van der Waals surface area contributed by atoms with Crippen LogP contribution in [0.4, 0.5) is 0 Å². The molecular formula is C27H34N2O7. The molecule has 9 nitrogen and oxygen atoms in total. The van der Waals surface area contributed by atoms with Gasteiger partial charge in [-0.2, -0.15) is 5.10 Å². The minimum Gasteiger partial charge on any atom is -0.461 e. The summed E-state index contributed by atoms with van der Waals surface area (Å²) in [7, 11) is 1.77. The zero-order valence-corrected chi connectivity index (χ0v) is 20.6. The van der Waals surface area contributed by atoms with Crippen molar-refractivity contribution in [3.8, 4) is 5.75 Å². The lowest BCUT2D eigenvalue weighted by Gasteiger charge is -2.39. The molecule has 3 aromatic rings. The SMILES string of the molecule is COC1CCc2cc(CCc3[nH]nc4cc(C)cc(O[C@@H]5O[C@H](CO)[C@@H](O)[C@H](O)[C@H]5O)c34)ccc2C1. The zero-order chi connectivity index (χ0) is 25.4. The van der Waals surface area contributed by atoms with E-state index in [9.17, 15) is 20.4 Å². The molecule has 36 heavy (non-hydrogen) atoms. The van der Waals surface area contributed by atoms with E-state index in [1.54, 1.807) is 7.11 Å². The number of aromatic amines is 1. The third-order valence-corrected chi connectivity index (χ3v) is 7.38. The van der Waals surface area contributed by atoms with Gasteiger partial charge in [-0.1, -0.05) is 18.2 Å². The molecule has 194 valence electrons. The number of aryl methyl sites for hydroxylation is 4. The molecule has 9 heteroatoms. The number of methoxy groups -OCH3 is 1. The number of aliphatic hydroxyl groups excluding tert-OH is 4. The number of hydrogen-bond donors (Lipinski definition) is 5. The third-order valence-electron chi connectivity index (χ3n) is 7.38. The van der Waals surface area contributed by atoms with E-state index in [1.807, 2.05) is 19.1 Å². The van der Waals surface area contributed by atoms with Crippen molar-refractivity contribution >= 4 is 10.9 Å². The highest BCUT2D eigenvalue weighted by molar-refractivity contribution is 5.88. The largest absolute Gasteiger partial charge is 0.461 e. The number of fused-ring (bicyclic) bond motifs is 2. The molecule has 0 saturated carbocycles. The summed E-state index contributed by atoms with van der Waals surface area (Å²) in [6.07, 6.45) is -1.92. The summed E-state index contributed by atoms with van der Waals surface area (Å²) >= 11 is 0. The van der Waals surface area contributed by atoms with Crippen molar-refractivity contribution < 1.29 is 34.6 Å². The number of nitrogens with zero attached hydrogens (tertiary/aromatic N) is 1. The van der Waals surface area contributed by atoms with Crippen molar-refractivity contribution in [1.29, 1.82) is 0 Å². The summed E-state index contributed by atoms with van der Waals surface area (Å²) in [5.41, 5.74) is 6.51. The Labute approximate surface area is 209 Å². The first kappa shape index (κ1) is 25.1. The molecule has 2 heterocycles. The normalized spacial score (nSPS) is 28.3. The Balaban J connectivity index is 1.37. The molecule has 0 radical (unpaired) electrons. The summed E-state index contributed by atoms with van der Waals surface area (Å²) in [4.78, 5) is 0.